The van der Waals surface area contributed by atoms with Crippen LogP contribution in [0, 0.1) is 0 Å². The van der Waals surface area contributed by atoms with E-state index in [2.05, 4.69) is 18.3 Å². The van der Waals surface area contributed by atoms with Gasteiger partial charge >= 0.3 is 0 Å². The first-order valence-corrected chi connectivity index (χ1v) is 7.28. The molecule has 0 aromatic heterocycles. The Kier molecular flexibility index (Phi) is 5.02. The molecule has 112 valence electrons. The van der Waals surface area contributed by atoms with Crippen molar-refractivity contribution in [1.29, 1.82) is 0 Å². The molecule has 0 aliphatic carbocycles. The van der Waals surface area contributed by atoms with E-state index in [-0.39, 0.29) is 12.1 Å². The summed E-state index contributed by atoms with van der Waals surface area (Å²) < 4.78 is 17.0. The predicted octanol–water partition coefficient (Wildman–Crippen LogP) is 2.89. The van der Waals surface area contributed by atoms with Crippen LogP contribution in [0.15, 0.2) is 24.3 Å². The highest BCUT2D eigenvalue weighted by Crippen LogP contribution is 2.26. The molecule has 2 atom stereocenters. The molecule has 1 aromatic carbocycles. The van der Waals surface area contributed by atoms with Gasteiger partial charge in [-0.1, -0.05) is 18.2 Å². The van der Waals surface area contributed by atoms with Crippen molar-refractivity contribution in [2.45, 2.75) is 45.6 Å². The molecule has 2 rings (SSSR count). The van der Waals surface area contributed by atoms with Crippen LogP contribution in [0.4, 0.5) is 0 Å². The molecule has 0 amide bonds. The van der Waals surface area contributed by atoms with E-state index in [4.69, 9.17) is 14.2 Å². The average Bonchev–Trinajstić information content (AvgIpc) is 2.77. The Morgan fingerprint density at radius 1 is 1.40 bits per heavy atom. The topological polar surface area (TPSA) is 39.7 Å². The summed E-state index contributed by atoms with van der Waals surface area (Å²) in [5.74, 6) is 0.484. The van der Waals surface area contributed by atoms with Crippen molar-refractivity contribution in [1.82, 2.24) is 5.32 Å². The molecule has 1 aliphatic heterocycles. The Bertz CT molecular complexity index is 433. The predicted molar refractivity (Wildman–Crippen MR) is 78.9 cm³/mol. The van der Waals surface area contributed by atoms with Crippen LogP contribution in [0.5, 0.6) is 5.75 Å². The molecule has 4 heteroatoms. The second-order valence-corrected chi connectivity index (χ2v) is 5.55. The van der Waals surface area contributed by atoms with Gasteiger partial charge in [0.2, 0.25) is 0 Å². The molecule has 1 aliphatic rings. The summed E-state index contributed by atoms with van der Waals surface area (Å²) in [6, 6.07) is 8.35. The van der Waals surface area contributed by atoms with Crippen molar-refractivity contribution in [3.63, 3.8) is 0 Å². The number of hydrogen-bond acceptors (Lipinski definition) is 4. The summed E-state index contributed by atoms with van der Waals surface area (Å²) in [6.07, 6.45) is 0.103. The van der Waals surface area contributed by atoms with E-state index in [1.54, 1.807) is 0 Å². The summed E-state index contributed by atoms with van der Waals surface area (Å²) in [4.78, 5) is 0. The number of hydrogen-bond donors (Lipinski definition) is 1. The quantitative estimate of drug-likeness (QED) is 0.869. The lowest BCUT2D eigenvalue weighted by Crippen LogP contribution is -2.32. The molecule has 0 bridgehead atoms. The van der Waals surface area contributed by atoms with Gasteiger partial charge in [-0.05, 0) is 33.8 Å². The molecular formula is C16H25NO3. The summed E-state index contributed by atoms with van der Waals surface area (Å²) in [5.41, 5.74) is 1.17. The zero-order valence-electron chi connectivity index (χ0n) is 12.8. The zero-order chi connectivity index (χ0) is 14.6. The van der Waals surface area contributed by atoms with Gasteiger partial charge in [-0.2, -0.15) is 0 Å². The maximum atomic E-state index is 5.80. The van der Waals surface area contributed by atoms with Gasteiger partial charge in [0.1, 0.15) is 5.75 Å². The standard InChI is InChI=1S/C16H25NO3/c1-5-18-15-9-7-6-8-14(15)12(2)17-10-13-11-19-16(3,4)20-13/h6-9,12-13,17H,5,10-11H2,1-4H3. The van der Waals surface area contributed by atoms with Gasteiger partial charge in [0, 0.05) is 18.2 Å². The molecule has 1 fully saturated rings. The number of rotatable bonds is 6. The first-order chi connectivity index (χ1) is 9.52. The second-order valence-electron chi connectivity index (χ2n) is 5.55. The van der Waals surface area contributed by atoms with Crippen molar-refractivity contribution in [3.05, 3.63) is 29.8 Å². The molecule has 1 N–H and O–H groups in total. The molecular weight excluding hydrogens is 254 g/mol. The Balaban J connectivity index is 1.90. The Morgan fingerprint density at radius 2 is 2.15 bits per heavy atom. The van der Waals surface area contributed by atoms with Crippen LogP contribution in [0.1, 0.15) is 39.3 Å². The Morgan fingerprint density at radius 3 is 2.80 bits per heavy atom. The second kappa shape index (κ2) is 6.57. The minimum absolute atomic E-state index is 0.103. The number of benzene rings is 1. The summed E-state index contributed by atoms with van der Waals surface area (Å²) in [7, 11) is 0. The van der Waals surface area contributed by atoms with Crippen LogP contribution in [0.25, 0.3) is 0 Å². The maximum absolute atomic E-state index is 5.80. The number of para-hydroxylation sites is 1. The first-order valence-electron chi connectivity index (χ1n) is 7.28. The van der Waals surface area contributed by atoms with Crippen molar-refractivity contribution < 1.29 is 14.2 Å². The minimum Gasteiger partial charge on any atom is -0.494 e. The van der Waals surface area contributed by atoms with Crippen LogP contribution < -0.4 is 10.1 Å². The van der Waals surface area contributed by atoms with Crippen molar-refractivity contribution in [2.24, 2.45) is 0 Å². The molecule has 0 saturated carbocycles. The summed E-state index contributed by atoms with van der Waals surface area (Å²) >= 11 is 0. The van der Waals surface area contributed by atoms with Crippen molar-refractivity contribution >= 4 is 0 Å². The molecule has 0 radical (unpaired) electrons. The molecule has 1 aromatic rings. The van der Waals surface area contributed by atoms with E-state index >= 15 is 0 Å². The van der Waals surface area contributed by atoms with Crippen LogP contribution in [-0.4, -0.2) is 31.6 Å². The molecule has 1 heterocycles. The van der Waals surface area contributed by atoms with Gasteiger partial charge < -0.3 is 19.5 Å². The fraction of sp³-hybridized carbons (Fsp3) is 0.625. The van der Waals surface area contributed by atoms with Crippen LogP contribution in [0.2, 0.25) is 0 Å². The van der Waals surface area contributed by atoms with E-state index in [1.807, 2.05) is 39.0 Å². The molecule has 1 saturated heterocycles. The monoisotopic (exact) mass is 279 g/mol. The maximum Gasteiger partial charge on any atom is 0.163 e. The Labute approximate surface area is 121 Å². The third kappa shape index (κ3) is 3.95. The lowest BCUT2D eigenvalue weighted by atomic mass is 10.1. The molecule has 20 heavy (non-hydrogen) atoms. The minimum atomic E-state index is -0.460. The number of ether oxygens (including phenoxy) is 3. The van der Waals surface area contributed by atoms with Crippen LogP contribution in [-0.2, 0) is 9.47 Å². The third-order valence-corrected chi connectivity index (χ3v) is 3.40. The van der Waals surface area contributed by atoms with E-state index in [0.717, 1.165) is 12.3 Å². The van der Waals surface area contributed by atoms with Crippen molar-refractivity contribution in [3.8, 4) is 5.75 Å². The first kappa shape index (κ1) is 15.3. The number of nitrogens with one attached hydrogen (secondary N) is 1. The van der Waals surface area contributed by atoms with Gasteiger partial charge in [-0.25, -0.2) is 0 Å². The van der Waals surface area contributed by atoms with Gasteiger partial charge in [-0.3, -0.25) is 0 Å². The van der Waals surface area contributed by atoms with E-state index < -0.39 is 5.79 Å². The van der Waals surface area contributed by atoms with Gasteiger partial charge in [0.25, 0.3) is 0 Å². The Hall–Kier alpha value is -1.10. The molecule has 0 spiro atoms. The lowest BCUT2D eigenvalue weighted by molar-refractivity contribution is -0.137. The highest BCUT2D eigenvalue weighted by molar-refractivity contribution is 5.35. The molecule has 2 unspecified atom stereocenters. The fourth-order valence-corrected chi connectivity index (χ4v) is 2.41. The smallest absolute Gasteiger partial charge is 0.163 e. The normalized spacial score (nSPS) is 22.7. The van der Waals surface area contributed by atoms with Gasteiger partial charge in [-0.15, -0.1) is 0 Å². The van der Waals surface area contributed by atoms with Gasteiger partial charge in [0.15, 0.2) is 5.79 Å². The SMILES string of the molecule is CCOc1ccccc1C(C)NCC1COC(C)(C)O1. The summed E-state index contributed by atoms with van der Waals surface area (Å²) in [6.45, 7) is 10.1. The van der Waals surface area contributed by atoms with Crippen LogP contribution >= 0.6 is 0 Å². The largest absolute Gasteiger partial charge is 0.494 e. The average molecular weight is 279 g/mol. The van der Waals surface area contributed by atoms with E-state index in [1.165, 1.54) is 5.56 Å². The fourth-order valence-electron chi connectivity index (χ4n) is 2.41. The van der Waals surface area contributed by atoms with E-state index in [0.29, 0.717) is 13.2 Å². The van der Waals surface area contributed by atoms with Crippen molar-refractivity contribution in [2.75, 3.05) is 19.8 Å². The molecule has 4 nitrogen and oxygen atoms in total. The zero-order valence-corrected chi connectivity index (χ0v) is 12.8. The van der Waals surface area contributed by atoms with E-state index in [9.17, 15) is 0 Å². The third-order valence-electron chi connectivity index (χ3n) is 3.40. The van der Waals surface area contributed by atoms with Crippen LogP contribution in [0.3, 0.4) is 0 Å². The lowest BCUT2D eigenvalue weighted by Gasteiger charge is -2.21. The summed E-state index contributed by atoms with van der Waals surface area (Å²) in [5, 5.41) is 3.49. The van der Waals surface area contributed by atoms with Gasteiger partial charge in [0.05, 0.1) is 19.3 Å². The highest BCUT2D eigenvalue weighted by Gasteiger charge is 2.32. The highest BCUT2D eigenvalue weighted by atomic mass is 16.7.